The predicted molar refractivity (Wildman–Crippen MR) is 75.4 cm³/mol. The van der Waals surface area contributed by atoms with E-state index in [1.807, 2.05) is 12.3 Å². The second kappa shape index (κ2) is 5.07. The van der Waals surface area contributed by atoms with Crippen LogP contribution in [0.4, 0.5) is 0 Å². The van der Waals surface area contributed by atoms with Gasteiger partial charge in [-0.3, -0.25) is 9.88 Å². The van der Waals surface area contributed by atoms with Gasteiger partial charge in [-0.25, -0.2) is 0 Å². The van der Waals surface area contributed by atoms with Crippen molar-refractivity contribution in [3.8, 4) is 0 Å². The van der Waals surface area contributed by atoms with Gasteiger partial charge in [-0.1, -0.05) is 19.1 Å². The quantitative estimate of drug-likeness (QED) is 0.799. The summed E-state index contributed by atoms with van der Waals surface area (Å²) in [4.78, 5) is 6.94. The summed E-state index contributed by atoms with van der Waals surface area (Å²) in [6.45, 7) is 5.92. The maximum absolute atomic E-state index is 4.37. The number of hydrogen-bond donors (Lipinski definition) is 0. The molecular weight excluding hydrogens is 220 g/mol. The van der Waals surface area contributed by atoms with Gasteiger partial charge in [-0.15, -0.1) is 0 Å². The molecule has 1 aromatic heterocycles. The Hall–Kier alpha value is -1.41. The Morgan fingerprint density at radius 3 is 3.17 bits per heavy atom. The Kier molecular flexibility index (Phi) is 3.28. The Morgan fingerprint density at radius 1 is 1.33 bits per heavy atom. The van der Waals surface area contributed by atoms with Crippen LogP contribution in [0, 0.1) is 5.92 Å². The van der Waals surface area contributed by atoms with Crippen LogP contribution in [0.25, 0.3) is 10.9 Å². The van der Waals surface area contributed by atoms with Crippen LogP contribution in [0.2, 0.25) is 0 Å². The summed E-state index contributed by atoms with van der Waals surface area (Å²) < 4.78 is 0. The van der Waals surface area contributed by atoms with Gasteiger partial charge in [0.25, 0.3) is 0 Å². The molecule has 1 atom stereocenters. The molecule has 1 aliphatic rings. The van der Waals surface area contributed by atoms with E-state index >= 15 is 0 Å². The zero-order valence-electron chi connectivity index (χ0n) is 11.0. The van der Waals surface area contributed by atoms with E-state index in [1.54, 1.807) is 0 Å². The lowest BCUT2D eigenvalue weighted by molar-refractivity contribution is 0.176. The Bertz CT molecular complexity index is 535. The number of pyridine rings is 1. The lowest BCUT2D eigenvalue weighted by Crippen LogP contribution is -2.33. The first-order valence-electron chi connectivity index (χ1n) is 6.87. The molecule has 1 unspecified atom stereocenters. The minimum atomic E-state index is 0.848. The molecule has 0 saturated carbocycles. The Morgan fingerprint density at radius 2 is 2.28 bits per heavy atom. The molecule has 3 rings (SSSR count). The number of nitrogens with zero attached hydrogens (tertiary/aromatic N) is 2. The van der Waals surface area contributed by atoms with E-state index in [0.717, 1.165) is 18.0 Å². The minimum absolute atomic E-state index is 0.848. The summed E-state index contributed by atoms with van der Waals surface area (Å²) in [5.74, 6) is 0.848. The summed E-state index contributed by atoms with van der Waals surface area (Å²) in [5.41, 5.74) is 2.50. The lowest BCUT2D eigenvalue weighted by Gasteiger charge is -2.30. The monoisotopic (exact) mass is 240 g/mol. The van der Waals surface area contributed by atoms with Crippen LogP contribution < -0.4 is 0 Å². The van der Waals surface area contributed by atoms with Crippen LogP contribution in [0.5, 0.6) is 0 Å². The average molecular weight is 240 g/mol. The van der Waals surface area contributed by atoms with Crippen molar-refractivity contribution >= 4 is 10.9 Å². The fraction of sp³-hybridized carbons (Fsp3) is 0.438. The fourth-order valence-corrected chi connectivity index (χ4v) is 2.91. The molecule has 2 heteroatoms. The van der Waals surface area contributed by atoms with Crippen molar-refractivity contribution in [1.29, 1.82) is 0 Å². The molecule has 1 saturated heterocycles. The summed E-state index contributed by atoms with van der Waals surface area (Å²) >= 11 is 0. The third-order valence-corrected chi connectivity index (χ3v) is 3.81. The van der Waals surface area contributed by atoms with Gasteiger partial charge in [0, 0.05) is 24.7 Å². The highest BCUT2D eigenvalue weighted by Crippen LogP contribution is 2.19. The van der Waals surface area contributed by atoms with Gasteiger partial charge in [-0.2, -0.15) is 0 Å². The molecule has 0 spiro atoms. The van der Waals surface area contributed by atoms with E-state index in [1.165, 1.54) is 36.9 Å². The van der Waals surface area contributed by atoms with E-state index in [4.69, 9.17) is 0 Å². The van der Waals surface area contributed by atoms with Crippen molar-refractivity contribution in [1.82, 2.24) is 9.88 Å². The molecule has 0 aliphatic carbocycles. The van der Waals surface area contributed by atoms with Gasteiger partial charge in [-0.05, 0) is 49.1 Å². The Labute approximate surface area is 109 Å². The van der Waals surface area contributed by atoms with Crippen LogP contribution >= 0.6 is 0 Å². The molecule has 18 heavy (non-hydrogen) atoms. The molecule has 0 N–H and O–H groups in total. The second-order valence-corrected chi connectivity index (χ2v) is 5.51. The normalized spacial score (nSPS) is 21.3. The zero-order valence-corrected chi connectivity index (χ0v) is 11.0. The van der Waals surface area contributed by atoms with E-state index in [0.29, 0.717) is 0 Å². The average Bonchev–Trinajstić information content (AvgIpc) is 2.39. The summed E-state index contributed by atoms with van der Waals surface area (Å²) in [6.07, 6.45) is 4.59. The molecular formula is C16H20N2. The number of benzene rings is 1. The van der Waals surface area contributed by atoms with Crippen LogP contribution in [-0.2, 0) is 6.54 Å². The highest BCUT2D eigenvalue weighted by Gasteiger charge is 2.16. The zero-order chi connectivity index (χ0) is 12.4. The summed E-state index contributed by atoms with van der Waals surface area (Å²) in [5, 5.41) is 1.25. The highest BCUT2D eigenvalue weighted by atomic mass is 15.1. The van der Waals surface area contributed by atoms with Crippen molar-refractivity contribution in [3.63, 3.8) is 0 Å². The standard InChI is InChI=1S/C16H20N2/c1-13-4-3-9-18(11-13)12-14-6-7-16-15(10-14)5-2-8-17-16/h2,5-8,10,13H,3-4,9,11-12H2,1H3. The predicted octanol–water partition coefficient (Wildman–Crippen LogP) is 3.47. The highest BCUT2D eigenvalue weighted by molar-refractivity contribution is 5.78. The van der Waals surface area contributed by atoms with Crippen molar-refractivity contribution < 1.29 is 0 Å². The molecule has 0 bridgehead atoms. The number of piperidine rings is 1. The minimum Gasteiger partial charge on any atom is -0.299 e. The van der Waals surface area contributed by atoms with Crippen molar-refractivity contribution in [2.45, 2.75) is 26.3 Å². The van der Waals surface area contributed by atoms with Gasteiger partial charge in [0.2, 0.25) is 0 Å². The molecule has 0 radical (unpaired) electrons. The second-order valence-electron chi connectivity index (χ2n) is 5.51. The Balaban J connectivity index is 1.78. The molecule has 94 valence electrons. The van der Waals surface area contributed by atoms with E-state index < -0.39 is 0 Å². The summed E-state index contributed by atoms with van der Waals surface area (Å²) in [6, 6.07) is 10.8. The van der Waals surface area contributed by atoms with Crippen LogP contribution in [0.1, 0.15) is 25.3 Å². The largest absolute Gasteiger partial charge is 0.299 e. The van der Waals surface area contributed by atoms with Gasteiger partial charge in [0.05, 0.1) is 5.52 Å². The van der Waals surface area contributed by atoms with Gasteiger partial charge in [0.1, 0.15) is 0 Å². The number of aromatic nitrogens is 1. The van der Waals surface area contributed by atoms with Crippen molar-refractivity contribution in [2.75, 3.05) is 13.1 Å². The smallest absolute Gasteiger partial charge is 0.0702 e. The van der Waals surface area contributed by atoms with Crippen molar-refractivity contribution in [2.24, 2.45) is 5.92 Å². The molecule has 2 aromatic rings. The lowest BCUT2D eigenvalue weighted by atomic mass is 9.99. The van der Waals surface area contributed by atoms with Crippen LogP contribution in [0.3, 0.4) is 0 Å². The van der Waals surface area contributed by atoms with E-state index in [9.17, 15) is 0 Å². The number of hydrogen-bond acceptors (Lipinski definition) is 2. The first-order valence-corrected chi connectivity index (χ1v) is 6.87. The van der Waals surface area contributed by atoms with Gasteiger partial charge >= 0.3 is 0 Å². The maximum atomic E-state index is 4.37. The molecule has 0 amide bonds. The maximum Gasteiger partial charge on any atom is 0.0702 e. The third-order valence-electron chi connectivity index (χ3n) is 3.81. The summed E-state index contributed by atoms with van der Waals surface area (Å²) in [7, 11) is 0. The topological polar surface area (TPSA) is 16.1 Å². The number of rotatable bonds is 2. The third kappa shape index (κ3) is 2.54. The van der Waals surface area contributed by atoms with Gasteiger partial charge < -0.3 is 0 Å². The SMILES string of the molecule is CC1CCCN(Cc2ccc3ncccc3c2)C1. The first-order chi connectivity index (χ1) is 8.81. The number of likely N-dealkylation sites (tertiary alicyclic amines) is 1. The van der Waals surface area contributed by atoms with Crippen LogP contribution in [0.15, 0.2) is 36.5 Å². The fourth-order valence-electron chi connectivity index (χ4n) is 2.91. The molecule has 2 heterocycles. The van der Waals surface area contributed by atoms with Gasteiger partial charge in [0.15, 0.2) is 0 Å². The number of fused-ring (bicyclic) bond motifs is 1. The molecule has 1 aromatic carbocycles. The molecule has 2 nitrogen and oxygen atoms in total. The van der Waals surface area contributed by atoms with Crippen LogP contribution in [-0.4, -0.2) is 23.0 Å². The molecule has 1 aliphatic heterocycles. The molecule has 1 fully saturated rings. The van der Waals surface area contributed by atoms with Crippen molar-refractivity contribution in [3.05, 3.63) is 42.1 Å². The van der Waals surface area contributed by atoms with E-state index in [-0.39, 0.29) is 0 Å². The first kappa shape index (κ1) is 11.7. The van der Waals surface area contributed by atoms with E-state index in [2.05, 4.69) is 41.1 Å².